The molecule has 4 heteroatoms. The lowest BCUT2D eigenvalue weighted by Gasteiger charge is -2.08. The van der Waals surface area contributed by atoms with Crippen LogP contribution in [0.15, 0.2) is 54.6 Å². The second-order valence-corrected chi connectivity index (χ2v) is 4.82. The highest BCUT2D eigenvalue weighted by molar-refractivity contribution is 6.32. The topological polar surface area (TPSA) is 22.1 Å². The molecule has 2 nitrogen and oxygen atoms in total. The molecule has 0 unspecified atom stereocenters. The minimum absolute atomic E-state index is 0.479. The van der Waals surface area contributed by atoms with Crippen molar-refractivity contribution in [3.05, 3.63) is 64.8 Å². The van der Waals surface area contributed by atoms with Crippen LogP contribution in [0.2, 0.25) is 10.2 Å². The van der Waals surface area contributed by atoms with Gasteiger partial charge in [-0.15, -0.1) is 0 Å². The Balaban J connectivity index is 1.98. The number of ether oxygens (including phenoxy) is 1. The minimum atomic E-state index is 0.479. The van der Waals surface area contributed by atoms with Crippen LogP contribution >= 0.6 is 23.2 Å². The number of halogens is 2. The van der Waals surface area contributed by atoms with E-state index in [9.17, 15) is 0 Å². The van der Waals surface area contributed by atoms with Crippen molar-refractivity contribution in [2.75, 3.05) is 0 Å². The average molecular weight is 290 g/mol. The number of hydrogen-bond acceptors (Lipinski definition) is 2. The lowest BCUT2D eigenvalue weighted by molar-refractivity contribution is 0.483. The van der Waals surface area contributed by atoms with E-state index in [1.54, 1.807) is 12.1 Å². The van der Waals surface area contributed by atoms with Gasteiger partial charge in [0.15, 0.2) is 0 Å². The maximum atomic E-state index is 6.06. The summed E-state index contributed by atoms with van der Waals surface area (Å²) in [5.41, 5.74) is 0.832. The zero-order valence-corrected chi connectivity index (χ0v) is 11.3. The largest absolute Gasteiger partial charge is 0.456 e. The summed E-state index contributed by atoms with van der Waals surface area (Å²) in [7, 11) is 0. The fourth-order valence-corrected chi connectivity index (χ4v) is 2.13. The second kappa shape index (κ2) is 5.08. The molecule has 0 radical (unpaired) electrons. The van der Waals surface area contributed by atoms with Crippen molar-refractivity contribution in [3.8, 4) is 11.5 Å². The van der Waals surface area contributed by atoms with Crippen molar-refractivity contribution in [3.63, 3.8) is 0 Å². The number of fused-ring (bicyclic) bond motifs is 1. The van der Waals surface area contributed by atoms with Crippen molar-refractivity contribution < 1.29 is 4.74 Å². The summed E-state index contributed by atoms with van der Waals surface area (Å²) in [4.78, 5) is 4.23. The van der Waals surface area contributed by atoms with Gasteiger partial charge in [-0.1, -0.05) is 35.3 Å². The summed E-state index contributed by atoms with van der Waals surface area (Å²) in [6.07, 6.45) is 0. The lowest BCUT2D eigenvalue weighted by Crippen LogP contribution is -1.86. The van der Waals surface area contributed by atoms with Gasteiger partial charge in [-0.25, -0.2) is 4.98 Å². The average Bonchev–Trinajstić information content (AvgIpc) is 2.41. The molecule has 3 aromatic rings. The first kappa shape index (κ1) is 12.3. The predicted molar refractivity (Wildman–Crippen MR) is 78.3 cm³/mol. The number of benzene rings is 2. The number of aromatic nitrogens is 1. The smallest absolute Gasteiger partial charge is 0.146 e. The normalized spacial score (nSPS) is 10.6. The summed E-state index contributed by atoms with van der Waals surface area (Å²) in [6, 6.07) is 16.6. The highest BCUT2D eigenvalue weighted by atomic mass is 35.5. The van der Waals surface area contributed by atoms with E-state index >= 15 is 0 Å². The van der Waals surface area contributed by atoms with E-state index < -0.39 is 0 Å². The fraction of sp³-hybridized carbons (Fsp3) is 0. The molecule has 0 aliphatic heterocycles. The van der Waals surface area contributed by atoms with Crippen LogP contribution in [0.25, 0.3) is 10.9 Å². The van der Waals surface area contributed by atoms with Crippen molar-refractivity contribution in [1.29, 1.82) is 0 Å². The molecule has 1 heterocycles. The molecule has 0 amide bonds. The number of nitrogens with zero attached hydrogens (tertiary/aromatic N) is 1. The van der Waals surface area contributed by atoms with Crippen LogP contribution in [-0.4, -0.2) is 4.98 Å². The molecule has 0 N–H and O–H groups in total. The first-order valence-electron chi connectivity index (χ1n) is 5.71. The predicted octanol–water partition coefficient (Wildman–Crippen LogP) is 5.33. The third kappa shape index (κ3) is 2.65. The van der Waals surface area contributed by atoms with Crippen molar-refractivity contribution >= 4 is 34.1 Å². The minimum Gasteiger partial charge on any atom is -0.456 e. The third-order valence-electron chi connectivity index (χ3n) is 2.69. The summed E-state index contributed by atoms with van der Waals surface area (Å²) < 4.78 is 5.75. The summed E-state index contributed by atoms with van der Waals surface area (Å²) in [6.45, 7) is 0. The zero-order valence-electron chi connectivity index (χ0n) is 9.81. The molecular formula is C15H9Cl2NO. The Labute approximate surface area is 120 Å². The van der Waals surface area contributed by atoms with Gasteiger partial charge in [0.05, 0.1) is 10.5 Å². The summed E-state index contributed by atoms with van der Waals surface area (Å²) in [5.74, 6) is 1.34. The molecule has 1 aromatic heterocycles. The monoisotopic (exact) mass is 289 g/mol. The van der Waals surface area contributed by atoms with Crippen LogP contribution in [0.1, 0.15) is 0 Å². The highest BCUT2D eigenvalue weighted by Gasteiger charge is 2.03. The van der Waals surface area contributed by atoms with Gasteiger partial charge >= 0.3 is 0 Å². The van der Waals surface area contributed by atoms with E-state index in [1.807, 2.05) is 42.5 Å². The molecule has 0 fully saturated rings. The number of pyridine rings is 1. The molecule has 94 valence electrons. The quantitative estimate of drug-likeness (QED) is 0.595. The van der Waals surface area contributed by atoms with Gasteiger partial charge in [-0.05, 0) is 42.5 Å². The maximum Gasteiger partial charge on any atom is 0.146 e. The van der Waals surface area contributed by atoms with Crippen LogP contribution in [0.5, 0.6) is 11.5 Å². The van der Waals surface area contributed by atoms with Crippen LogP contribution in [0, 0.1) is 0 Å². The molecule has 0 aliphatic carbocycles. The van der Waals surface area contributed by atoms with Crippen LogP contribution < -0.4 is 4.74 Å². The lowest BCUT2D eigenvalue weighted by atomic mass is 10.2. The van der Waals surface area contributed by atoms with Crippen molar-refractivity contribution in [2.45, 2.75) is 0 Å². The molecule has 3 rings (SSSR count). The standard InChI is InChI=1S/C15H9Cl2NO/c16-12-3-1-2-4-14(12)19-11-6-7-13-10(9-11)5-8-15(17)18-13/h1-9H. The van der Waals surface area contributed by atoms with E-state index in [0.29, 0.717) is 21.7 Å². The first-order valence-corrected chi connectivity index (χ1v) is 6.47. The van der Waals surface area contributed by atoms with Gasteiger partial charge in [-0.3, -0.25) is 0 Å². The van der Waals surface area contributed by atoms with Crippen molar-refractivity contribution in [2.24, 2.45) is 0 Å². The van der Waals surface area contributed by atoms with Crippen LogP contribution in [0.3, 0.4) is 0 Å². The fourth-order valence-electron chi connectivity index (χ4n) is 1.80. The molecular weight excluding hydrogens is 281 g/mol. The SMILES string of the molecule is Clc1ccc2cc(Oc3ccccc3Cl)ccc2n1. The molecule has 0 bridgehead atoms. The number of rotatable bonds is 2. The van der Waals surface area contributed by atoms with Gasteiger partial charge in [0.2, 0.25) is 0 Å². The first-order chi connectivity index (χ1) is 9.22. The molecule has 2 aromatic carbocycles. The van der Waals surface area contributed by atoms with Crippen LogP contribution in [0.4, 0.5) is 0 Å². The van der Waals surface area contributed by atoms with Gasteiger partial charge in [-0.2, -0.15) is 0 Å². The highest BCUT2D eigenvalue weighted by Crippen LogP contribution is 2.30. The Morgan fingerprint density at radius 3 is 2.58 bits per heavy atom. The molecule has 0 spiro atoms. The molecule has 0 atom stereocenters. The van der Waals surface area contributed by atoms with Crippen molar-refractivity contribution in [1.82, 2.24) is 4.98 Å². The van der Waals surface area contributed by atoms with Gasteiger partial charge in [0.25, 0.3) is 0 Å². The van der Waals surface area contributed by atoms with Crippen LogP contribution in [-0.2, 0) is 0 Å². The maximum absolute atomic E-state index is 6.06. The third-order valence-corrected chi connectivity index (χ3v) is 3.21. The Hall–Kier alpha value is -1.77. The van der Waals surface area contributed by atoms with Gasteiger partial charge in [0, 0.05) is 5.39 Å². The van der Waals surface area contributed by atoms with Gasteiger partial charge in [0.1, 0.15) is 16.7 Å². The number of hydrogen-bond donors (Lipinski definition) is 0. The Morgan fingerprint density at radius 2 is 1.74 bits per heavy atom. The molecule has 0 saturated carbocycles. The second-order valence-electron chi connectivity index (χ2n) is 4.02. The molecule has 0 aliphatic rings. The molecule has 0 saturated heterocycles. The van der Waals surface area contributed by atoms with E-state index in [1.165, 1.54) is 0 Å². The summed E-state index contributed by atoms with van der Waals surface area (Å²) in [5, 5.41) is 2.03. The zero-order chi connectivity index (χ0) is 13.2. The summed E-state index contributed by atoms with van der Waals surface area (Å²) >= 11 is 11.9. The molecule has 19 heavy (non-hydrogen) atoms. The van der Waals surface area contributed by atoms with E-state index in [0.717, 1.165) is 10.9 Å². The Kier molecular flexibility index (Phi) is 3.28. The Bertz CT molecular complexity index is 743. The van der Waals surface area contributed by atoms with E-state index in [4.69, 9.17) is 27.9 Å². The Morgan fingerprint density at radius 1 is 0.895 bits per heavy atom. The van der Waals surface area contributed by atoms with Gasteiger partial charge < -0.3 is 4.74 Å². The number of para-hydroxylation sites is 1. The van der Waals surface area contributed by atoms with E-state index in [2.05, 4.69) is 4.98 Å². The van der Waals surface area contributed by atoms with E-state index in [-0.39, 0.29) is 0 Å².